The molecule has 0 aromatic carbocycles. The first-order chi connectivity index (χ1) is 10.2. The first-order valence-corrected chi connectivity index (χ1v) is 9.68. The second-order valence-electron chi connectivity index (χ2n) is 8.98. The van der Waals surface area contributed by atoms with E-state index in [4.69, 9.17) is 0 Å². The van der Waals surface area contributed by atoms with Crippen LogP contribution in [0.15, 0.2) is 0 Å². The Morgan fingerprint density at radius 3 is 2.24 bits per heavy atom. The van der Waals surface area contributed by atoms with Gasteiger partial charge in [0.2, 0.25) is 0 Å². The summed E-state index contributed by atoms with van der Waals surface area (Å²) >= 11 is 0. The second-order valence-corrected chi connectivity index (χ2v) is 8.98. The van der Waals surface area contributed by atoms with Gasteiger partial charge in [0.15, 0.2) is 0 Å². The van der Waals surface area contributed by atoms with Gasteiger partial charge in [-0.3, -0.25) is 0 Å². The standard InChI is InChI=1S/C19H34N2/c1-15-7-9-19(10-8-15,13-20-18-5-6-18)14-21-11-16-3-2-4-17(16)12-21/h15-18,20H,2-14H2,1H3. The smallest absolute Gasteiger partial charge is 0.00684 e. The molecule has 2 atom stereocenters. The molecule has 0 spiro atoms. The molecule has 120 valence electrons. The molecule has 2 unspecified atom stereocenters. The molecule has 21 heavy (non-hydrogen) atoms. The fourth-order valence-corrected chi connectivity index (χ4v) is 5.35. The largest absolute Gasteiger partial charge is 0.313 e. The van der Waals surface area contributed by atoms with Crippen molar-refractivity contribution >= 4 is 0 Å². The molecule has 2 heteroatoms. The molecule has 4 rings (SSSR count). The number of likely N-dealkylation sites (tertiary alicyclic amines) is 1. The Balaban J connectivity index is 1.37. The Morgan fingerprint density at radius 2 is 1.62 bits per heavy atom. The molecule has 4 aliphatic rings. The zero-order valence-electron chi connectivity index (χ0n) is 13.9. The van der Waals surface area contributed by atoms with Gasteiger partial charge in [-0.1, -0.05) is 26.2 Å². The molecule has 4 fully saturated rings. The quantitative estimate of drug-likeness (QED) is 0.831. The minimum atomic E-state index is 0.605. The lowest BCUT2D eigenvalue weighted by molar-refractivity contribution is 0.0937. The van der Waals surface area contributed by atoms with Crippen molar-refractivity contribution in [2.75, 3.05) is 26.2 Å². The summed E-state index contributed by atoms with van der Waals surface area (Å²) in [5.41, 5.74) is 0.605. The van der Waals surface area contributed by atoms with E-state index in [2.05, 4.69) is 17.1 Å². The Hall–Kier alpha value is -0.0800. The van der Waals surface area contributed by atoms with Gasteiger partial charge in [-0.15, -0.1) is 0 Å². The van der Waals surface area contributed by atoms with Crippen molar-refractivity contribution < 1.29 is 0 Å². The number of hydrogen-bond acceptors (Lipinski definition) is 2. The highest BCUT2D eigenvalue weighted by molar-refractivity contribution is 4.96. The van der Waals surface area contributed by atoms with Gasteiger partial charge in [0, 0.05) is 32.2 Å². The normalized spacial score (nSPS) is 44.1. The van der Waals surface area contributed by atoms with Gasteiger partial charge in [-0.25, -0.2) is 0 Å². The van der Waals surface area contributed by atoms with Gasteiger partial charge in [-0.05, 0) is 61.7 Å². The van der Waals surface area contributed by atoms with Crippen LogP contribution in [-0.4, -0.2) is 37.1 Å². The van der Waals surface area contributed by atoms with Crippen molar-refractivity contribution in [3.8, 4) is 0 Å². The first-order valence-electron chi connectivity index (χ1n) is 9.68. The Bertz CT molecular complexity index is 343. The molecule has 0 aromatic rings. The highest BCUT2D eigenvalue weighted by Crippen LogP contribution is 2.43. The molecule has 3 saturated carbocycles. The highest BCUT2D eigenvalue weighted by Gasteiger charge is 2.42. The molecule has 2 nitrogen and oxygen atoms in total. The van der Waals surface area contributed by atoms with Crippen LogP contribution in [0.4, 0.5) is 0 Å². The molecule has 0 amide bonds. The summed E-state index contributed by atoms with van der Waals surface area (Å²) in [5.74, 6) is 3.08. The lowest BCUT2D eigenvalue weighted by Gasteiger charge is -2.42. The molecule has 0 aromatic heterocycles. The molecule has 1 aliphatic heterocycles. The van der Waals surface area contributed by atoms with Crippen LogP contribution in [0, 0.1) is 23.2 Å². The van der Waals surface area contributed by atoms with Gasteiger partial charge in [0.25, 0.3) is 0 Å². The molecule has 1 saturated heterocycles. The second kappa shape index (κ2) is 5.85. The number of fused-ring (bicyclic) bond motifs is 1. The minimum absolute atomic E-state index is 0.605. The zero-order valence-corrected chi connectivity index (χ0v) is 13.9. The van der Waals surface area contributed by atoms with Crippen LogP contribution in [0.3, 0.4) is 0 Å². The number of rotatable bonds is 5. The highest BCUT2D eigenvalue weighted by atomic mass is 15.2. The summed E-state index contributed by atoms with van der Waals surface area (Å²) < 4.78 is 0. The van der Waals surface area contributed by atoms with Crippen molar-refractivity contribution in [3.05, 3.63) is 0 Å². The third kappa shape index (κ3) is 3.32. The van der Waals surface area contributed by atoms with E-state index in [0.29, 0.717) is 5.41 Å². The predicted octanol–water partition coefficient (Wildman–Crippen LogP) is 3.67. The first kappa shape index (κ1) is 14.5. The number of nitrogens with one attached hydrogen (secondary N) is 1. The Morgan fingerprint density at radius 1 is 0.952 bits per heavy atom. The van der Waals surface area contributed by atoms with Crippen LogP contribution in [0.5, 0.6) is 0 Å². The minimum Gasteiger partial charge on any atom is -0.313 e. The predicted molar refractivity (Wildman–Crippen MR) is 88.4 cm³/mol. The Kier molecular flexibility index (Phi) is 4.04. The van der Waals surface area contributed by atoms with E-state index in [9.17, 15) is 0 Å². The van der Waals surface area contributed by atoms with Crippen LogP contribution in [0.25, 0.3) is 0 Å². The van der Waals surface area contributed by atoms with Crippen molar-refractivity contribution in [2.24, 2.45) is 23.2 Å². The molecule has 1 heterocycles. The summed E-state index contributed by atoms with van der Waals surface area (Å²) in [6.45, 7) is 8.00. The molecule has 0 radical (unpaired) electrons. The fourth-order valence-electron chi connectivity index (χ4n) is 5.35. The molecule has 0 bridgehead atoms. The van der Waals surface area contributed by atoms with Crippen LogP contribution < -0.4 is 5.32 Å². The van der Waals surface area contributed by atoms with E-state index in [1.54, 1.807) is 0 Å². The van der Waals surface area contributed by atoms with Crippen molar-refractivity contribution in [1.29, 1.82) is 0 Å². The number of nitrogens with zero attached hydrogens (tertiary/aromatic N) is 1. The van der Waals surface area contributed by atoms with Crippen LogP contribution >= 0.6 is 0 Å². The average molecular weight is 290 g/mol. The zero-order chi connectivity index (χ0) is 14.3. The van der Waals surface area contributed by atoms with Crippen LogP contribution in [-0.2, 0) is 0 Å². The van der Waals surface area contributed by atoms with E-state index in [0.717, 1.165) is 23.8 Å². The topological polar surface area (TPSA) is 15.3 Å². The van der Waals surface area contributed by atoms with Crippen LogP contribution in [0.1, 0.15) is 64.7 Å². The Labute approximate surface area is 131 Å². The van der Waals surface area contributed by atoms with Gasteiger partial charge in [-0.2, -0.15) is 0 Å². The van der Waals surface area contributed by atoms with E-state index in [1.165, 1.54) is 84.0 Å². The van der Waals surface area contributed by atoms with E-state index < -0.39 is 0 Å². The summed E-state index contributed by atoms with van der Waals surface area (Å²) in [6, 6.07) is 0.874. The maximum absolute atomic E-state index is 3.88. The summed E-state index contributed by atoms with van der Waals surface area (Å²) in [7, 11) is 0. The molecular weight excluding hydrogens is 256 g/mol. The molecule has 1 N–H and O–H groups in total. The number of hydrogen-bond donors (Lipinski definition) is 1. The van der Waals surface area contributed by atoms with Crippen molar-refractivity contribution in [3.63, 3.8) is 0 Å². The summed E-state index contributed by atoms with van der Waals surface area (Å²) in [4.78, 5) is 2.86. The molecular formula is C19H34N2. The van der Waals surface area contributed by atoms with Gasteiger partial charge in [0.05, 0.1) is 0 Å². The van der Waals surface area contributed by atoms with Crippen LogP contribution in [0.2, 0.25) is 0 Å². The lowest BCUT2D eigenvalue weighted by atomic mass is 9.70. The third-order valence-corrected chi connectivity index (χ3v) is 7.04. The SMILES string of the molecule is CC1CCC(CNC2CC2)(CN2CC3CCCC3C2)CC1. The van der Waals surface area contributed by atoms with Gasteiger partial charge >= 0.3 is 0 Å². The molecule has 3 aliphatic carbocycles. The van der Waals surface area contributed by atoms with Gasteiger partial charge < -0.3 is 10.2 Å². The summed E-state index contributed by atoms with van der Waals surface area (Å²) in [5, 5.41) is 3.88. The van der Waals surface area contributed by atoms with Crippen molar-refractivity contribution in [2.45, 2.75) is 70.8 Å². The fraction of sp³-hybridized carbons (Fsp3) is 1.00. The average Bonchev–Trinajstić information content (AvgIpc) is 3.09. The monoisotopic (exact) mass is 290 g/mol. The summed E-state index contributed by atoms with van der Waals surface area (Å²) in [6.07, 6.45) is 13.3. The van der Waals surface area contributed by atoms with E-state index >= 15 is 0 Å². The third-order valence-electron chi connectivity index (χ3n) is 7.04. The maximum Gasteiger partial charge on any atom is 0.00684 e. The van der Waals surface area contributed by atoms with Crippen molar-refractivity contribution in [1.82, 2.24) is 10.2 Å². The van der Waals surface area contributed by atoms with E-state index in [-0.39, 0.29) is 0 Å². The maximum atomic E-state index is 3.88. The lowest BCUT2D eigenvalue weighted by Crippen LogP contribution is -2.46. The van der Waals surface area contributed by atoms with E-state index in [1.807, 2.05) is 0 Å². The van der Waals surface area contributed by atoms with Gasteiger partial charge in [0.1, 0.15) is 0 Å².